The van der Waals surface area contributed by atoms with Gasteiger partial charge in [0, 0.05) is 5.69 Å². The van der Waals surface area contributed by atoms with Gasteiger partial charge in [-0.05, 0) is 24.6 Å². The minimum atomic E-state index is -4.57. The molecule has 1 aromatic carbocycles. The standard InChI is InChI=1S/C9H8F3NO2/c1-4-5(9(10,11)12)2-3-6(13)7(4)8(14)15/h2-3H,13H2,1H3,(H,14,15). The highest BCUT2D eigenvalue weighted by Gasteiger charge is 2.34. The molecular weight excluding hydrogens is 211 g/mol. The topological polar surface area (TPSA) is 63.3 Å². The van der Waals surface area contributed by atoms with Crippen molar-refractivity contribution in [3.63, 3.8) is 0 Å². The summed E-state index contributed by atoms with van der Waals surface area (Å²) in [5.74, 6) is -1.46. The Bertz CT molecular complexity index is 413. The van der Waals surface area contributed by atoms with E-state index in [0.717, 1.165) is 19.1 Å². The Hall–Kier alpha value is -1.72. The molecule has 0 spiro atoms. The van der Waals surface area contributed by atoms with Gasteiger partial charge in [-0.3, -0.25) is 0 Å². The van der Waals surface area contributed by atoms with Crippen molar-refractivity contribution in [2.75, 3.05) is 5.73 Å². The minimum absolute atomic E-state index is 0.173. The molecule has 0 aliphatic rings. The Labute approximate surface area is 83.3 Å². The summed E-state index contributed by atoms with van der Waals surface area (Å²) in [4.78, 5) is 10.7. The van der Waals surface area contributed by atoms with Crippen LogP contribution in [0, 0.1) is 6.92 Å². The summed E-state index contributed by atoms with van der Waals surface area (Å²) in [5.41, 5.74) is 3.27. The van der Waals surface area contributed by atoms with E-state index in [9.17, 15) is 18.0 Å². The summed E-state index contributed by atoms with van der Waals surface area (Å²) < 4.78 is 37.2. The van der Waals surface area contributed by atoms with Gasteiger partial charge < -0.3 is 10.8 Å². The summed E-state index contributed by atoms with van der Waals surface area (Å²) in [6.07, 6.45) is -4.57. The van der Waals surface area contributed by atoms with Crippen LogP contribution in [-0.4, -0.2) is 11.1 Å². The molecule has 0 saturated carbocycles. The molecule has 1 rings (SSSR count). The number of hydrogen-bond donors (Lipinski definition) is 2. The molecule has 1 aromatic rings. The third kappa shape index (κ3) is 2.03. The maximum atomic E-state index is 12.4. The minimum Gasteiger partial charge on any atom is -0.478 e. The van der Waals surface area contributed by atoms with Gasteiger partial charge in [0.25, 0.3) is 0 Å². The van der Waals surface area contributed by atoms with E-state index in [4.69, 9.17) is 10.8 Å². The molecule has 6 heteroatoms. The number of carboxylic acid groups (broad SMARTS) is 1. The first kappa shape index (κ1) is 11.4. The summed E-state index contributed by atoms with van der Waals surface area (Å²) in [7, 11) is 0. The van der Waals surface area contributed by atoms with Crippen LogP contribution < -0.4 is 5.73 Å². The van der Waals surface area contributed by atoms with Crippen molar-refractivity contribution in [2.24, 2.45) is 0 Å². The second-order valence-corrected chi connectivity index (χ2v) is 3.01. The van der Waals surface area contributed by atoms with Gasteiger partial charge >= 0.3 is 12.1 Å². The Morgan fingerprint density at radius 2 is 1.93 bits per heavy atom. The van der Waals surface area contributed by atoms with Crippen molar-refractivity contribution in [3.05, 3.63) is 28.8 Å². The summed E-state index contributed by atoms with van der Waals surface area (Å²) in [6, 6.07) is 1.72. The van der Waals surface area contributed by atoms with E-state index >= 15 is 0 Å². The molecule has 0 aromatic heterocycles. The zero-order chi connectivity index (χ0) is 11.8. The van der Waals surface area contributed by atoms with Crippen LogP contribution in [0.15, 0.2) is 12.1 Å². The number of anilines is 1. The quantitative estimate of drug-likeness (QED) is 0.712. The van der Waals surface area contributed by atoms with Crippen LogP contribution in [0.3, 0.4) is 0 Å². The maximum Gasteiger partial charge on any atom is 0.416 e. The molecule has 0 aliphatic heterocycles. The van der Waals surface area contributed by atoms with Crippen LogP contribution in [-0.2, 0) is 6.18 Å². The van der Waals surface area contributed by atoms with Crippen LogP contribution in [0.4, 0.5) is 18.9 Å². The van der Waals surface area contributed by atoms with Crippen molar-refractivity contribution < 1.29 is 23.1 Å². The normalized spacial score (nSPS) is 11.5. The Morgan fingerprint density at radius 3 is 2.33 bits per heavy atom. The summed E-state index contributed by atoms with van der Waals surface area (Å²) >= 11 is 0. The number of benzene rings is 1. The molecule has 3 N–H and O–H groups in total. The highest BCUT2D eigenvalue weighted by Crippen LogP contribution is 2.34. The van der Waals surface area contributed by atoms with E-state index in [-0.39, 0.29) is 11.3 Å². The predicted octanol–water partition coefficient (Wildman–Crippen LogP) is 2.29. The summed E-state index contributed by atoms with van der Waals surface area (Å²) in [5, 5.41) is 8.69. The fraction of sp³-hybridized carbons (Fsp3) is 0.222. The van der Waals surface area contributed by atoms with Gasteiger partial charge in [0.15, 0.2) is 0 Å². The number of halogens is 3. The van der Waals surface area contributed by atoms with Gasteiger partial charge in [0.05, 0.1) is 11.1 Å². The second kappa shape index (κ2) is 3.45. The lowest BCUT2D eigenvalue weighted by Crippen LogP contribution is -2.13. The number of rotatable bonds is 1. The van der Waals surface area contributed by atoms with Crippen molar-refractivity contribution >= 4 is 11.7 Å². The molecule has 15 heavy (non-hydrogen) atoms. The lowest BCUT2D eigenvalue weighted by molar-refractivity contribution is -0.138. The summed E-state index contributed by atoms with van der Waals surface area (Å²) in [6.45, 7) is 1.09. The number of carbonyl (C=O) groups is 1. The number of hydrogen-bond acceptors (Lipinski definition) is 2. The molecular formula is C9H8F3NO2. The molecule has 0 fully saturated rings. The molecule has 0 amide bonds. The monoisotopic (exact) mass is 219 g/mol. The van der Waals surface area contributed by atoms with Gasteiger partial charge in [-0.2, -0.15) is 13.2 Å². The van der Waals surface area contributed by atoms with Crippen molar-refractivity contribution in [2.45, 2.75) is 13.1 Å². The van der Waals surface area contributed by atoms with Gasteiger partial charge in [-0.1, -0.05) is 0 Å². The van der Waals surface area contributed by atoms with Crippen LogP contribution in [0.1, 0.15) is 21.5 Å². The number of carboxylic acids is 1. The third-order valence-corrected chi connectivity index (χ3v) is 2.02. The van der Waals surface area contributed by atoms with E-state index in [1.807, 2.05) is 0 Å². The SMILES string of the molecule is Cc1c(C(F)(F)F)ccc(N)c1C(=O)O. The zero-order valence-corrected chi connectivity index (χ0v) is 7.72. The van der Waals surface area contributed by atoms with Crippen molar-refractivity contribution in [1.29, 1.82) is 0 Å². The predicted molar refractivity (Wildman–Crippen MR) is 47.6 cm³/mol. The molecule has 0 radical (unpaired) electrons. The lowest BCUT2D eigenvalue weighted by atomic mass is 10.0. The van der Waals surface area contributed by atoms with Gasteiger partial charge in [-0.15, -0.1) is 0 Å². The third-order valence-electron chi connectivity index (χ3n) is 2.02. The van der Waals surface area contributed by atoms with Crippen LogP contribution >= 0.6 is 0 Å². The average Bonchev–Trinajstić information content (AvgIpc) is 2.00. The Kier molecular flexibility index (Phi) is 2.61. The van der Waals surface area contributed by atoms with E-state index in [0.29, 0.717) is 0 Å². The van der Waals surface area contributed by atoms with Crippen LogP contribution in [0.5, 0.6) is 0 Å². The first-order chi connectivity index (χ1) is 6.75. The second-order valence-electron chi connectivity index (χ2n) is 3.01. The van der Waals surface area contributed by atoms with Crippen LogP contribution in [0.25, 0.3) is 0 Å². The maximum absolute atomic E-state index is 12.4. The molecule has 0 aliphatic carbocycles. The molecule has 3 nitrogen and oxygen atoms in total. The molecule has 0 bridgehead atoms. The largest absolute Gasteiger partial charge is 0.478 e. The smallest absolute Gasteiger partial charge is 0.416 e. The lowest BCUT2D eigenvalue weighted by Gasteiger charge is -2.13. The average molecular weight is 219 g/mol. The van der Waals surface area contributed by atoms with Gasteiger partial charge in [-0.25, -0.2) is 4.79 Å². The molecule has 0 saturated heterocycles. The van der Waals surface area contributed by atoms with Gasteiger partial charge in [0.1, 0.15) is 0 Å². The van der Waals surface area contributed by atoms with Crippen LogP contribution in [0.2, 0.25) is 0 Å². The number of aromatic carboxylic acids is 1. The van der Waals surface area contributed by atoms with E-state index < -0.39 is 23.3 Å². The van der Waals surface area contributed by atoms with Gasteiger partial charge in [0.2, 0.25) is 0 Å². The van der Waals surface area contributed by atoms with E-state index in [1.54, 1.807) is 0 Å². The fourth-order valence-electron chi connectivity index (χ4n) is 1.32. The molecule has 0 heterocycles. The number of alkyl halides is 3. The van der Waals surface area contributed by atoms with E-state index in [1.165, 1.54) is 0 Å². The molecule has 82 valence electrons. The highest BCUT2D eigenvalue weighted by molar-refractivity contribution is 5.95. The zero-order valence-electron chi connectivity index (χ0n) is 7.72. The first-order valence-electron chi connectivity index (χ1n) is 3.94. The van der Waals surface area contributed by atoms with E-state index in [2.05, 4.69) is 0 Å². The Balaban J connectivity index is 3.49. The Morgan fingerprint density at radius 1 is 1.40 bits per heavy atom. The molecule has 0 atom stereocenters. The van der Waals surface area contributed by atoms with Crippen molar-refractivity contribution in [3.8, 4) is 0 Å². The number of nitrogen functional groups attached to an aromatic ring is 1. The molecule has 0 unspecified atom stereocenters. The highest BCUT2D eigenvalue weighted by atomic mass is 19.4. The first-order valence-corrected chi connectivity index (χ1v) is 3.94. The van der Waals surface area contributed by atoms with Crippen molar-refractivity contribution in [1.82, 2.24) is 0 Å². The fourth-order valence-corrected chi connectivity index (χ4v) is 1.32. The number of nitrogens with two attached hydrogens (primary N) is 1.